The van der Waals surface area contributed by atoms with Gasteiger partial charge in [0.25, 0.3) is 0 Å². The van der Waals surface area contributed by atoms with Gasteiger partial charge in [0, 0.05) is 36.7 Å². The second kappa shape index (κ2) is 6.70. The molecular weight excluding hydrogens is 254 g/mol. The maximum Gasteiger partial charge on any atom is 0.315 e. The van der Waals surface area contributed by atoms with E-state index >= 15 is 0 Å². The van der Waals surface area contributed by atoms with E-state index in [-0.39, 0.29) is 12.1 Å². The Labute approximate surface area is 118 Å². The molecule has 0 atom stereocenters. The lowest BCUT2D eigenvalue weighted by Gasteiger charge is -2.09. The minimum Gasteiger partial charge on any atom is -0.336 e. The SMILES string of the molecule is CC(C)NC(=O)NCCn1ccc(-c2ccncc2)n1. The third-order valence-electron chi connectivity index (χ3n) is 2.66. The number of rotatable bonds is 5. The van der Waals surface area contributed by atoms with Gasteiger partial charge in [0.1, 0.15) is 0 Å². The van der Waals surface area contributed by atoms with Crippen LogP contribution in [0, 0.1) is 0 Å². The standard InChI is InChI=1S/C14H19N5O/c1-11(2)17-14(20)16-8-10-19-9-5-13(18-19)12-3-6-15-7-4-12/h3-7,9,11H,8,10H2,1-2H3,(H2,16,17,20). The molecule has 0 aliphatic carbocycles. The van der Waals surface area contributed by atoms with E-state index in [0.29, 0.717) is 13.1 Å². The Kier molecular flexibility index (Phi) is 4.70. The van der Waals surface area contributed by atoms with E-state index in [9.17, 15) is 4.79 Å². The highest BCUT2D eigenvalue weighted by molar-refractivity contribution is 5.74. The van der Waals surface area contributed by atoms with Gasteiger partial charge in [-0.15, -0.1) is 0 Å². The zero-order valence-electron chi connectivity index (χ0n) is 11.7. The van der Waals surface area contributed by atoms with Crippen molar-refractivity contribution >= 4 is 6.03 Å². The Morgan fingerprint density at radius 3 is 2.75 bits per heavy atom. The molecule has 0 saturated carbocycles. The molecule has 6 nitrogen and oxygen atoms in total. The van der Waals surface area contributed by atoms with Crippen LogP contribution in [0.3, 0.4) is 0 Å². The Hall–Kier alpha value is -2.37. The quantitative estimate of drug-likeness (QED) is 0.870. The summed E-state index contributed by atoms with van der Waals surface area (Å²) in [6.45, 7) is 5.02. The number of amides is 2. The van der Waals surface area contributed by atoms with Gasteiger partial charge in [0.05, 0.1) is 12.2 Å². The highest BCUT2D eigenvalue weighted by Gasteiger charge is 2.03. The van der Waals surface area contributed by atoms with Crippen molar-refractivity contribution in [3.8, 4) is 11.3 Å². The van der Waals surface area contributed by atoms with Gasteiger partial charge in [-0.2, -0.15) is 5.10 Å². The van der Waals surface area contributed by atoms with Gasteiger partial charge in [0.2, 0.25) is 0 Å². The van der Waals surface area contributed by atoms with Gasteiger partial charge in [-0.3, -0.25) is 9.67 Å². The van der Waals surface area contributed by atoms with Crippen LogP contribution in [-0.4, -0.2) is 33.4 Å². The molecule has 2 heterocycles. The molecule has 6 heteroatoms. The molecule has 2 rings (SSSR count). The van der Waals surface area contributed by atoms with Crippen LogP contribution in [0.4, 0.5) is 4.79 Å². The fraction of sp³-hybridized carbons (Fsp3) is 0.357. The van der Waals surface area contributed by atoms with E-state index in [2.05, 4.69) is 20.7 Å². The second-order valence-corrected chi connectivity index (χ2v) is 4.75. The first-order valence-electron chi connectivity index (χ1n) is 6.63. The summed E-state index contributed by atoms with van der Waals surface area (Å²) >= 11 is 0. The van der Waals surface area contributed by atoms with Crippen molar-refractivity contribution < 1.29 is 4.79 Å². The number of aromatic nitrogens is 3. The lowest BCUT2D eigenvalue weighted by Crippen LogP contribution is -2.40. The number of hydrogen-bond acceptors (Lipinski definition) is 3. The summed E-state index contributed by atoms with van der Waals surface area (Å²) in [6, 6.07) is 5.77. The first kappa shape index (κ1) is 14.0. The zero-order chi connectivity index (χ0) is 14.4. The molecule has 0 aliphatic heterocycles. The molecule has 2 N–H and O–H groups in total. The number of carbonyl (C=O) groups excluding carboxylic acids is 1. The lowest BCUT2D eigenvalue weighted by molar-refractivity contribution is 0.238. The smallest absolute Gasteiger partial charge is 0.315 e. The summed E-state index contributed by atoms with van der Waals surface area (Å²) in [4.78, 5) is 15.4. The zero-order valence-corrected chi connectivity index (χ0v) is 11.7. The Morgan fingerprint density at radius 2 is 2.05 bits per heavy atom. The van der Waals surface area contributed by atoms with Gasteiger partial charge in [-0.05, 0) is 32.0 Å². The summed E-state index contributed by atoms with van der Waals surface area (Å²) < 4.78 is 1.81. The molecule has 0 fully saturated rings. The lowest BCUT2D eigenvalue weighted by atomic mass is 10.2. The number of carbonyl (C=O) groups is 1. The Morgan fingerprint density at radius 1 is 1.30 bits per heavy atom. The molecule has 0 radical (unpaired) electrons. The number of nitrogens with zero attached hydrogens (tertiary/aromatic N) is 3. The molecule has 0 spiro atoms. The third kappa shape index (κ3) is 4.08. The largest absolute Gasteiger partial charge is 0.336 e. The van der Waals surface area contributed by atoms with Crippen molar-refractivity contribution in [2.45, 2.75) is 26.4 Å². The molecule has 106 valence electrons. The summed E-state index contributed by atoms with van der Waals surface area (Å²) in [6.07, 6.45) is 5.39. The molecule has 0 saturated heterocycles. The van der Waals surface area contributed by atoms with E-state index < -0.39 is 0 Å². The first-order valence-corrected chi connectivity index (χ1v) is 6.63. The second-order valence-electron chi connectivity index (χ2n) is 4.75. The minimum absolute atomic E-state index is 0.137. The van der Waals surface area contributed by atoms with Gasteiger partial charge in [0.15, 0.2) is 0 Å². The van der Waals surface area contributed by atoms with E-state index in [4.69, 9.17) is 0 Å². The molecule has 2 aromatic heterocycles. The van der Waals surface area contributed by atoms with E-state index in [1.54, 1.807) is 12.4 Å². The maximum absolute atomic E-state index is 11.4. The average molecular weight is 273 g/mol. The minimum atomic E-state index is -0.151. The van der Waals surface area contributed by atoms with Crippen molar-refractivity contribution in [1.82, 2.24) is 25.4 Å². The van der Waals surface area contributed by atoms with Crippen molar-refractivity contribution in [1.29, 1.82) is 0 Å². The van der Waals surface area contributed by atoms with Crippen LogP contribution in [-0.2, 0) is 6.54 Å². The monoisotopic (exact) mass is 273 g/mol. The predicted octanol–water partition coefficient (Wildman–Crippen LogP) is 1.65. The molecule has 20 heavy (non-hydrogen) atoms. The van der Waals surface area contributed by atoms with Crippen molar-refractivity contribution in [3.63, 3.8) is 0 Å². The molecular formula is C14H19N5O. The van der Waals surface area contributed by atoms with Crippen molar-refractivity contribution in [3.05, 3.63) is 36.8 Å². The molecule has 0 unspecified atom stereocenters. The molecule has 2 aromatic rings. The summed E-state index contributed by atoms with van der Waals surface area (Å²) in [5.74, 6) is 0. The highest BCUT2D eigenvalue weighted by Crippen LogP contribution is 2.14. The number of nitrogens with one attached hydrogen (secondary N) is 2. The van der Waals surface area contributed by atoms with E-state index in [0.717, 1.165) is 11.3 Å². The average Bonchev–Trinajstić information content (AvgIpc) is 2.88. The first-order chi connectivity index (χ1) is 9.65. The number of hydrogen-bond donors (Lipinski definition) is 2. The molecule has 0 aromatic carbocycles. The summed E-state index contributed by atoms with van der Waals surface area (Å²) in [5.41, 5.74) is 1.93. The fourth-order valence-corrected chi connectivity index (χ4v) is 1.76. The summed E-state index contributed by atoms with van der Waals surface area (Å²) in [5, 5.41) is 10.0. The number of urea groups is 1. The molecule has 0 bridgehead atoms. The van der Waals surface area contributed by atoms with Crippen LogP contribution in [0.25, 0.3) is 11.3 Å². The van der Waals surface area contributed by atoms with Gasteiger partial charge < -0.3 is 10.6 Å². The topological polar surface area (TPSA) is 71.8 Å². The number of pyridine rings is 1. The molecule has 0 aliphatic rings. The van der Waals surface area contributed by atoms with Crippen molar-refractivity contribution in [2.75, 3.05) is 6.54 Å². The van der Waals surface area contributed by atoms with E-state index in [1.165, 1.54) is 0 Å². The van der Waals surface area contributed by atoms with Crippen LogP contribution in [0.2, 0.25) is 0 Å². The van der Waals surface area contributed by atoms with Crippen LogP contribution < -0.4 is 10.6 Å². The third-order valence-corrected chi connectivity index (χ3v) is 2.66. The van der Waals surface area contributed by atoms with Crippen LogP contribution in [0.1, 0.15) is 13.8 Å². The van der Waals surface area contributed by atoms with Gasteiger partial charge in [-0.25, -0.2) is 4.79 Å². The van der Waals surface area contributed by atoms with Crippen molar-refractivity contribution in [2.24, 2.45) is 0 Å². The van der Waals surface area contributed by atoms with Crippen LogP contribution >= 0.6 is 0 Å². The predicted molar refractivity (Wildman–Crippen MR) is 77.1 cm³/mol. The summed E-state index contributed by atoms with van der Waals surface area (Å²) in [7, 11) is 0. The fourth-order valence-electron chi connectivity index (χ4n) is 1.76. The normalized spacial score (nSPS) is 10.6. The maximum atomic E-state index is 11.4. The highest BCUT2D eigenvalue weighted by atomic mass is 16.2. The van der Waals surface area contributed by atoms with Crippen LogP contribution in [0.5, 0.6) is 0 Å². The van der Waals surface area contributed by atoms with E-state index in [1.807, 2.05) is 42.9 Å². The van der Waals surface area contributed by atoms with Crippen LogP contribution in [0.15, 0.2) is 36.8 Å². The Bertz CT molecular complexity index is 550. The van der Waals surface area contributed by atoms with Gasteiger partial charge in [-0.1, -0.05) is 0 Å². The Balaban J connectivity index is 1.83. The molecule has 2 amide bonds. The van der Waals surface area contributed by atoms with Gasteiger partial charge >= 0.3 is 6.03 Å².